The van der Waals surface area contributed by atoms with Crippen molar-refractivity contribution >= 4 is 11.9 Å². The average molecular weight is 742 g/mol. The normalized spacial score (nSPS) is 18.3. The van der Waals surface area contributed by atoms with Crippen LogP contribution in [0.25, 0.3) is 0 Å². The van der Waals surface area contributed by atoms with E-state index in [1.54, 1.807) is 0 Å². The molecule has 0 atom stereocenters. The number of nitrogens with one attached hydrogen (secondary N) is 1. The van der Waals surface area contributed by atoms with Gasteiger partial charge in [-0.2, -0.15) is 83.4 Å². The predicted molar refractivity (Wildman–Crippen MR) is 114 cm³/mol. The molecule has 0 aromatic heterocycles. The van der Waals surface area contributed by atoms with Crippen LogP contribution in [0, 0.1) is 0 Å². The second-order valence-corrected chi connectivity index (χ2v) is 10.3. The van der Waals surface area contributed by atoms with Gasteiger partial charge in [0, 0.05) is 26.2 Å². The van der Waals surface area contributed by atoms with Crippen LogP contribution in [0.5, 0.6) is 0 Å². The lowest BCUT2D eigenvalue weighted by Crippen LogP contribution is -2.76. The van der Waals surface area contributed by atoms with Crippen molar-refractivity contribution in [2.24, 2.45) is 0 Å². The lowest BCUT2D eigenvalue weighted by atomic mass is 9.87. The molecule has 1 saturated heterocycles. The Labute approximate surface area is 249 Å². The molecule has 1 amide bonds. The van der Waals surface area contributed by atoms with Crippen molar-refractivity contribution in [2.45, 2.75) is 60.0 Å². The Morgan fingerprint density at radius 3 is 1.38 bits per heavy atom. The quantitative estimate of drug-likeness (QED) is 0.125. The highest BCUT2D eigenvalue weighted by Gasteiger charge is 2.97. The summed E-state index contributed by atoms with van der Waals surface area (Å²) in [5.74, 6) is -73.4. The van der Waals surface area contributed by atoms with E-state index in [0.29, 0.717) is 0 Å². The zero-order valence-electron chi connectivity index (χ0n) is 22.9. The third-order valence-corrected chi connectivity index (χ3v) is 7.16. The first-order chi connectivity index (χ1) is 20.7. The summed E-state index contributed by atoms with van der Waals surface area (Å²) in [4.78, 5) is 24.1. The van der Waals surface area contributed by atoms with Crippen molar-refractivity contribution in [3.05, 3.63) is 0 Å². The molecule has 0 radical (unpaired) electrons. The van der Waals surface area contributed by atoms with Crippen LogP contribution in [0.15, 0.2) is 0 Å². The minimum atomic E-state index is -9.07. The molecule has 1 aliphatic rings. The molecule has 3 N–H and O–H groups in total. The van der Waals surface area contributed by atoms with Gasteiger partial charge in [-0.3, -0.25) is 9.69 Å². The fraction of sp³-hybridized carbons (Fsp3) is 0.905. The van der Waals surface area contributed by atoms with Gasteiger partial charge in [-0.15, -0.1) is 0 Å². The number of hydrogen-bond acceptors (Lipinski definition) is 4. The van der Waals surface area contributed by atoms with E-state index >= 15 is 0 Å². The number of aliphatic hydroxyl groups is 1. The molecule has 1 rings (SSSR count). The van der Waals surface area contributed by atoms with E-state index in [0.717, 1.165) is 5.32 Å². The molecule has 26 heteroatoms. The number of aliphatic carboxylic acids is 1. The maximum atomic E-state index is 14.0. The highest BCUT2D eigenvalue weighted by molar-refractivity contribution is 5.84. The van der Waals surface area contributed by atoms with Crippen LogP contribution < -0.4 is 5.32 Å². The Balaban J connectivity index is 3.13. The number of carbonyl (C=O) groups excluding carboxylic acids is 1. The number of hydrogen-bond donors (Lipinski definition) is 3. The van der Waals surface area contributed by atoms with Crippen molar-refractivity contribution in [1.29, 1.82) is 0 Å². The van der Waals surface area contributed by atoms with Crippen LogP contribution in [0.3, 0.4) is 0 Å². The molecule has 47 heavy (non-hydrogen) atoms. The third kappa shape index (κ3) is 6.99. The van der Waals surface area contributed by atoms with Crippen LogP contribution in [-0.4, -0.2) is 144 Å². The molecule has 1 fully saturated rings. The van der Waals surface area contributed by atoms with Gasteiger partial charge in [-0.05, 0) is 6.42 Å². The molecule has 1 aliphatic heterocycles. The van der Waals surface area contributed by atoms with E-state index in [4.69, 9.17) is 10.2 Å². The molecular weight excluding hydrogens is 719 g/mol. The van der Waals surface area contributed by atoms with Gasteiger partial charge < -0.3 is 20.0 Å². The highest BCUT2D eigenvalue weighted by atomic mass is 19.4. The number of aliphatic hydroxyl groups excluding tert-OH is 1. The molecule has 278 valence electrons. The van der Waals surface area contributed by atoms with Gasteiger partial charge in [0.15, 0.2) is 6.54 Å². The summed E-state index contributed by atoms with van der Waals surface area (Å²) in [6.07, 6.45) is -8.51. The molecule has 0 spiro atoms. The van der Waals surface area contributed by atoms with E-state index in [-0.39, 0.29) is 43.8 Å². The summed E-state index contributed by atoms with van der Waals surface area (Å²) in [7, 11) is 0. The lowest BCUT2D eigenvalue weighted by Gasteiger charge is -2.43. The van der Waals surface area contributed by atoms with Crippen molar-refractivity contribution in [2.75, 3.05) is 59.0 Å². The number of piperazine rings is 1. The number of nitrogens with zero attached hydrogens (tertiary/aromatic N) is 2. The second kappa shape index (κ2) is 13.1. The standard InChI is InChI=1S/C21H22F19N3O4/c22-13(23,12(47)41-2-1-3-42-4-6-43(7-5-42,8-9-44)10-11(45)46)14(24,25)15(26,27)16(28,29)17(30,31)18(32,33)19(34,35)20(36,37)21(38,39)40/h44H,1-10H2,(H-,41,45,46,47)/p+1. The molecule has 1 heterocycles. The van der Waals surface area contributed by atoms with Crippen LogP contribution in [0.2, 0.25) is 0 Å². The van der Waals surface area contributed by atoms with Gasteiger partial charge in [-0.1, -0.05) is 0 Å². The van der Waals surface area contributed by atoms with Gasteiger partial charge in [0.2, 0.25) is 0 Å². The predicted octanol–water partition coefficient (Wildman–Crippen LogP) is 4.35. The monoisotopic (exact) mass is 742 g/mol. The number of alkyl halides is 19. The Morgan fingerprint density at radius 2 is 1.02 bits per heavy atom. The summed E-state index contributed by atoms with van der Waals surface area (Å²) in [5, 5.41) is 19.0. The number of halogens is 19. The van der Waals surface area contributed by atoms with E-state index < -0.39 is 91.6 Å². The smallest absolute Gasteiger partial charge is 0.460 e. The van der Waals surface area contributed by atoms with Crippen LogP contribution >= 0.6 is 0 Å². The Hall–Kier alpha value is -2.51. The Kier molecular flexibility index (Phi) is 11.8. The van der Waals surface area contributed by atoms with Gasteiger partial charge in [0.05, 0.1) is 19.7 Å². The number of quaternary nitrogens is 1. The highest BCUT2D eigenvalue weighted by Crippen LogP contribution is 2.65. The number of carboxylic acids is 1. The summed E-state index contributed by atoms with van der Waals surface area (Å²) < 4.78 is 254. The summed E-state index contributed by atoms with van der Waals surface area (Å²) in [6, 6.07) is 0. The number of carbonyl (C=O) groups is 2. The van der Waals surface area contributed by atoms with Gasteiger partial charge in [-0.25, -0.2) is 4.79 Å². The minimum absolute atomic E-state index is 0.00914. The first-order valence-electron chi connectivity index (χ1n) is 12.5. The van der Waals surface area contributed by atoms with Crippen LogP contribution in [0.4, 0.5) is 83.4 Å². The van der Waals surface area contributed by atoms with Gasteiger partial charge in [0.25, 0.3) is 5.91 Å². The Bertz CT molecular complexity index is 1120. The van der Waals surface area contributed by atoms with Crippen molar-refractivity contribution in [3.8, 4) is 0 Å². The molecule has 0 aromatic rings. The van der Waals surface area contributed by atoms with Gasteiger partial charge >= 0.3 is 59.5 Å². The maximum absolute atomic E-state index is 14.0. The fourth-order valence-electron chi connectivity index (χ4n) is 4.23. The van der Waals surface area contributed by atoms with E-state index in [1.165, 1.54) is 4.90 Å². The number of amides is 1. The summed E-state index contributed by atoms with van der Waals surface area (Å²) in [6.45, 7) is -1.94. The molecule has 0 saturated carbocycles. The molecule has 0 unspecified atom stereocenters. The fourth-order valence-corrected chi connectivity index (χ4v) is 4.23. The average Bonchev–Trinajstić information content (AvgIpc) is 2.90. The first kappa shape index (κ1) is 42.5. The lowest BCUT2D eigenvalue weighted by molar-refractivity contribution is -0.925. The molecule has 0 aliphatic carbocycles. The molecule has 7 nitrogen and oxygen atoms in total. The van der Waals surface area contributed by atoms with Crippen LogP contribution in [0.1, 0.15) is 6.42 Å². The molecule has 0 bridgehead atoms. The van der Waals surface area contributed by atoms with Crippen LogP contribution in [-0.2, 0) is 9.59 Å². The zero-order valence-corrected chi connectivity index (χ0v) is 22.9. The van der Waals surface area contributed by atoms with E-state index in [9.17, 15) is 93.0 Å². The zero-order chi connectivity index (χ0) is 37.5. The molecular formula is C21H23F19N3O4+. The van der Waals surface area contributed by atoms with Crippen molar-refractivity contribution in [3.63, 3.8) is 0 Å². The third-order valence-electron chi connectivity index (χ3n) is 7.16. The SMILES string of the molecule is O=C(O)C[N+]1(CCO)CCN(CCCNC(=O)C(F)(F)C(F)(F)C(F)(F)C(F)(F)C(F)(F)C(F)(F)C(F)(F)C(F)(F)C(F)(F)F)CC1. The van der Waals surface area contributed by atoms with Crippen molar-refractivity contribution < 1.29 is 108 Å². The molecule has 0 aromatic carbocycles. The van der Waals surface area contributed by atoms with E-state index in [2.05, 4.69) is 0 Å². The maximum Gasteiger partial charge on any atom is 0.460 e. The number of carboxylic acid groups (broad SMARTS) is 1. The van der Waals surface area contributed by atoms with E-state index in [1.807, 2.05) is 0 Å². The first-order valence-corrected chi connectivity index (χ1v) is 12.5. The topological polar surface area (TPSA) is 89.9 Å². The summed E-state index contributed by atoms with van der Waals surface area (Å²) >= 11 is 0. The number of rotatable bonds is 16. The Morgan fingerprint density at radius 1 is 0.638 bits per heavy atom. The summed E-state index contributed by atoms with van der Waals surface area (Å²) in [5.41, 5.74) is 0. The van der Waals surface area contributed by atoms with Crippen molar-refractivity contribution in [1.82, 2.24) is 10.2 Å². The second-order valence-electron chi connectivity index (χ2n) is 10.3. The minimum Gasteiger partial charge on any atom is -0.477 e. The van der Waals surface area contributed by atoms with Gasteiger partial charge in [0.1, 0.15) is 6.54 Å². The largest absolute Gasteiger partial charge is 0.477 e.